The molecule has 2 rings (SSSR count). The predicted molar refractivity (Wildman–Crippen MR) is 83.5 cm³/mol. The molecule has 122 valence electrons. The Hall–Kier alpha value is -1.50. The van der Waals surface area contributed by atoms with Crippen LogP contribution in [0.15, 0.2) is 24.3 Å². The van der Waals surface area contributed by atoms with Crippen molar-refractivity contribution in [2.45, 2.75) is 37.9 Å². The molecule has 1 aliphatic carbocycles. The van der Waals surface area contributed by atoms with Crippen molar-refractivity contribution in [1.29, 1.82) is 0 Å². The number of rotatable bonds is 6. The SMILES string of the molecule is CN(CC(O)c1cccc([N+](=O)[O-])c1)CC1CCCCC1O. The molecule has 6 nitrogen and oxygen atoms in total. The van der Waals surface area contributed by atoms with Gasteiger partial charge in [0.05, 0.1) is 17.1 Å². The fourth-order valence-electron chi connectivity index (χ4n) is 3.12. The van der Waals surface area contributed by atoms with Crippen LogP contribution in [0.25, 0.3) is 0 Å². The zero-order chi connectivity index (χ0) is 16.1. The molecule has 0 radical (unpaired) electrons. The van der Waals surface area contributed by atoms with E-state index in [0.29, 0.717) is 12.1 Å². The van der Waals surface area contributed by atoms with E-state index in [0.717, 1.165) is 32.2 Å². The topological polar surface area (TPSA) is 86.8 Å². The Kier molecular flexibility index (Phi) is 5.88. The largest absolute Gasteiger partial charge is 0.393 e. The van der Waals surface area contributed by atoms with Crippen molar-refractivity contribution in [1.82, 2.24) is 4.90 Å². The van der Waals surface area contributed by atoms with E-state index < -0.39 is 11.0 Å². The van der Waals surface area contributed by atoms with E-state index in [1.807, 2.05) is 11.9 Å². The minimum absolute atomic E-state index is 0.0121. The van der Waals surface area contributed by atoms with Crippen LogP contribution in [0.2, 0.25) is 0 Å². The summed E-state index contributed by atoms with van der Waals surface area (Å²) in [7, 11) is 1.90. The Morgan fingerprint density at radius 1 is 1.41 bits per heavy atom. The molecule has 0 spiro atoms. The molecule has 0 aliphatic heterocycles. The van der Waals surface area contributed by atoms with Gasteiger partial charge in [-0.15, -0.1) is 0 Å². The highest BCUT2D eigenvalue weighted by Gasteiger charge is 2.25. The van der Waals surface area contributed by atoms with Gasteiger partial charge < -0.3 is 15.1 Å². The summed E-state index contributed by atoms with van der Waals surface area (Å²) in [6.45, 7) is 1.12. The lowest BCUT2D eigenvalue weighted by molar-refractivity contribution is -0.385. The van der Waals surface area contributed by atoms with E-state index in [1.54, 1.807) is 12.1 Å². The van der Waals surface area contributed by atoms with Gasteiger partial charge in [0.15, 0.2) is 0 Å². The van der Waals surface area contributed by atoms with Gasteiger partial charge in [-0.1, -0.05) is 25.0 Å². The van der Waals surface area contributed by atoms with E-state index in [4.69, 9.17) is 0 Å². The van der Waals surface area contributed by atoms with Crippen molar-refractivity contribution < 1.29 is 15.1 Å². The Labute approximate surface area is 130 Å². The third kappa shape index (κ3) is 4.50. The van der Waals surface area contributed by atoms with Gasteiger partial charge in [0.25, 0.3) is 5.69 Å². The van der Waals surface area contributed by atoms with E-state index >= 15 is 0 Å². The quantitative estimate of drug-likeness (QED) is 0.621. The van der Waals surface area contributed by atoms with Crippen molar-refractivity contribution in [2.75, 3.05) is 20.1 Å². The van der Waals surface area contributed by atoms with Crippen LogP contribution in [0.5, 0.6) is 0 Å². The first-order valence-electron chi connectivity index (χ1n) is 7.76. The number of nitrogens with zero attached hydrogens (tertiary/aromatic N) is 2. The summed E-state index contributed by atoms with van der Waals surface area (Å²) < 4.78 is 0. The normalized spacial score (nSPS) is 23.5. The molecule has 0 heterocycles. The molecule has 1 aliphatic rings. The van der Waals surface area contributed by atoms with Gasteiger partial charge in [-0.3, -0.25) is 10.1 Å². The number of non-ortho nitro benzene ring substituents is 1. The van der Waals surface area contributed by atoms with Gasteiger partial charge in [-0.25, -0.2) is 0 Å². The lowest BCUT2D eigenvalue weighted by atomic mass is 9.86. The molecule has 3 unspecified atom stereocenters. The third-order valence-corrected chi connectivity index (χ3v) is 4.37. The van der Waals surface area contributed by atoms with Crippen molar-refractivity contribution in [3.05, 3.63) is 39.9 Å². The van der Waals surface area contributed by atoms with Gasteiger partial charge in [0.1, 0.15) is 0 Å². The molecule has 0 amide bonds. The number of aliphatic hydroxyl groups is 2. The molecule has 1 aromatic carbocycles. The van der Waals surface area contributed by atoms with E-state index in [2.05, 4.69) is 0 Å². The first kappa shape index (κ1) is 16.9. The van der Waals surface area contributed by atoms with Crippen molar-refractivity contribution in [2.24, 2.45) is 5.92 Å². The van der Waals surface area contributed by atoms with E-state index in [-0.39, 0.29) is 17.7 Å². The Morgan fingerprint density at radius 3 is 2.82 bits per heavy atom. The van der Waals surface area contributed by atoms with Crippen LogP contribution >= 0.6 is 0 Å². The average molecular weight is 308 g/mol. The lowest BCUT2D eigenvalue weighted by Crippen LogP contribution is -2.36. The second-order valence-electron chi connectivity index (χ2n) is 6.20. The molecule has 22 heavy (non-hydrogen) atoms. The lowest BCUT2D eigenvalue weighted by Gasteiger charge is -2.32. The Balaban J connectivity index is 1.91. The molecule has 1 fully saturated rings. The highest BCUT2D eigenvalue weighted by atomic mass is 16.6. The van der Waals surface area contributed by atoms with Gasteiger partial charge >= 0.3 is 0 Å². The first-order chi connectivity index (χ1) is 10.5. The van der Waals surface area contributed by atoms with Gasteiger partial charge in [-0.2, -0.15) is 0 Å². The van der Waals surface area contributed by atoms with Crippen LogP contribution < -0.4 is 0 Å². The monoisotopic (exact) mass is 308 g/mol. The molecular formula is C16H24N2O4. The van der Waals surface area contributed by atoms with Gasteiger partial charge in [0, 0.05) is 25.2 Å². The molecule has 2 N–H and O–H groups in total. The molecule has 0 saturated heterocycles. The fourth-order valence-corrected chi connectivity index (χ4v) is 3.12. The van der Waals surface area contributed by atoms with Crippen LogP contribution in [0.1, 0.15) is 37.4 Å². The molecule has 0 aromatic heterocycles. The molecule has 0 bridgehead atoms. The Bertz CT molecular complexity index is 509. The number of nitro groups is 1. The molecule has 1 aromatic rings. The highest BCUT2D eigenvalue weighted by Crippen LogP contribution is 2.26. The zero-order valence-electron chi connectivity index (χ0n) is 12.9. The van der Waals surface area contributed by atoms with Crippen LogP contribution in [0.3, 0.4) is 0 Å². The summed E-state index contributed by atoms with van der Waals surface area (Å²) in [4.78, 5) is 12.3. The van der Waals surface area contributed by atoms with Gasteiger partial charge in [0.2, 0.25) is 0 Å². The molecule has 1 saturated carbocycles. The number of likely N-dealkylation sites (N-methyl/N-ethyl adjacent to an activating group) is 1. The number of nitro benzene ring substituents is 1. The van der Waals surface area contributed by atoms with Crippen LogP contribution in [-0.4, -0.2) is 46.3 Å². The summed E-state index contributed by atoms with van der Waals surface area (Å²) >= 11 is 0. The molecular weight excluding hydrogens is 284 g/mol. The van der Waals surface area contributed by atoms with Gasteiger partial charge in [-0.05, 0) is 31.4 Å². The van der Waals surface area contributed by atoms with Crippen LogP contribution in [-0.2, 0) is 0 Å². The second kappa shape index (κ2) is 7.67. The average Bonchev–Trinajstić information content (AvgIpc) is 2.49. The summed E-state index contributed by atoms with van der Waals surface area (Å²) in [5.74, 6) is 0.246. The predicted octanol–water partition coefficient (Wildman–Crippen LogP) is 2.11. The third-order valence-electron chi connectivity index (χ3n) is 4.37. The smallest absolute Gasteiger partial charge is 0.269 e. The Morgan fingerprint density at radius 2 is 2.14 bits per heavy atom. The molecule has 3 atom stereocenters. The summed E-state index contributed by atoms with van der Waals surface area (Å²) in [6, 6.07) is 6.11. The first-order valence-corrected chi connectivity index (χ1v) is 7.76. The maximum absolute atomic E-state index is 10.8. The number of hydrogen-bond donors (Lipinski definition) is 2. The number of benzene rings is 1. The summed E-state index contributed by atoms with van der Waals surface area (Å²) in [5.41, 5.74) is 0.534. The summed E-state index contributed by atoms with van der Waals surface area (Å²) in [6.07, 6.45) is 3.06. The fraction of sp³-hybridized carbons (Fsp3) is 0.625. The number of aliphatic hydroxyl groups excluding tert-OH is 2. The van der Waals surface area contributed by atoms with Crippen molar-refractivity contribution in [3.8, 4) is 0 Å². The van der Waals surface area contributed by atoms with E-state index in [9.17, 15) is 20.3 Å². The van der Waals surface area contributed by atoms with Crippen molar-refractivity contribution in [3.63, 3.8) is 0 Å². The summed E-state index contributed by atoms with van der Waals surface area (Å²) in [5, 5.41) is 31.1. The molecule has 6 heteroatoms. The van der Waals surface area contributed by atoms with E-state index in [1.165, 1.54) is 12.1 Å². The van der Waals surface area contributed by atoms with Crippen LogP contribution in [0, 0.1) is 16.0 Å². The maximum Gasteiger partial charge on any atom is 0.269 e. The minimum atomic E-state index is -0.773. The minimum Gasteiger partial charge on any atom is -0.393 e. The highest BCUT2D eigenvalue weighted by molar-refractivity contribution is 5.35. The number of hydrogen-bond acceptors (Lipinski definition) is 5. The van der Waals surface area contributed by atoms with Crippen LogP contribution in [0.4, 0.5) is 5.69 Å². The zero-order valence-corrected chi connectivity index (χ0v) is 12.9. The standard InChI is InChI=1S/C16H24N2O4/c1-17(10-13-5-2-3-8-15(13)19)11-16(20)12-6-4-7-14(9-12)18(21)22/h4,6-7,9,13,15-16,19-20H,2-3,5,8,10-11H2,1H3. The second-order valence-corrected chi connectivity index (χ2v) is 6.20. The van der Waals surface area contributed by atoms with Crippen molar-refractivity contribution >= 4 is 5.69 Å². The maximum atomic E-state index is 10.8.